The monoisotopic (exact) mass is 1050 g/mol. The van der Waals surface area contributed by atoms with Crippen LogP contribution in [0.25, 0.3) is 0 Å². The molecular weight excluding hydrogens is 943 g/mol. The minimum absolute atomic E-state index is 0.208. The summed E-state index contributed by atoms with van der Waals surface area (Å²) in [6, 6.07) is -0.826. The molecule has 12 unspecified atom stereocenters. The molecule has 2 aliphatic rings. The standard InChI is InChI=1S/C60H111NO13/c1-3-5-7-9-11-13-14-15-16-17-18-19-20-21-22-23-24-25-26-27-28-29-30-31-32-33-34-36-38-40-42-44-52(65)61-48(49(64)43-41-39-37-35-12-10-8-6-4-2)47-71-59-57(70)55(68)58(51(46-63)73-59)74-60-56(69)54(67)53(66)50(45-62)72-60/h14-15,17-18,20-21,48-51,53-60,62-64,66-70H,3-13,16,19,22-47H2,1-2H3,(H,61,65)/b15-14-,18-17-,21-20-. The fraction of sp³-hybridized carbons (Fsp3) is 0.883. The number of aliphatic hydroxyl groups excluding tert-OH is 8. The van der Waals surface area contributed by atoms with E-state index in [0.29, 0.717) is 12.8 Å². The van der Waals surface area contributed by atoms with Crippen LogP contribution in [-0.4, -0.2) is 140 Å². The third kappa shape index (κ3) is 31.6. The van der Waals surface area contributed by atoms with Crippen molar-refractivity contribution in [3.63, 3.8) is 0 Å². The minimum atomic E-state index is -1.78. The van der Waals surface area contributed by atoms with Gasteiger partial charge in [-0.3, -0.25) is 4.79 Å². The summed E-state index contributed by atoms with van der Waals surface area (Å²) in [4.78, 5) is 13.2. The molecule has 0 bridgehead atoms. The summed E-state index contributed by atoms with van der Waals surface area (Å²) in [7, 11) is 0. The number of carbonyl (C=O) groups is 1. The largest absolute Gasteiger partial charge is 0.394 e. The molecule has 0 aliphatic carbocycles. The Morgan fingerprint density at radius 1 is 0.486 bits per heavy atom. The van der Waals surface area contributed by atoms with Gasteiger partial charge in [0.1, 0.15) is 48.8 Å². The van der Waals surface area contributed by atoms with E-state index in [9.17, 15) is 45.6 Å². The Labute approximate surface area is 449 Å². The summed E-state index contributed by atoms with van der Waals surface area (Å²) in [5, 5.41) is 87.0. The Morgan fingerprint density at radius 3 is 1.36 bits per heavy atom. The molecule has 1 amide bonds. The first-order chi connectivity index (χ1) is 36.1. The van der Waals surface area contributed by atoms with E-state index in [2.05, 4.69) is 55.6 Å². The number of allylic oxidation sites excluding steroid dienone is 6. The number of hydrogen-bond acceptors (Lipinski definition) is 13. The van der Waals surface area contributed by atoms with Crippen LogP contribution in [0.3, 0.4) is 0 Å². The quantitative estimate of drug-likeness (QED) is 0.0204. The molecule has 2 fully saturated rings. The SMILES string of the molecule is CCCCCCC/C=C\C/C=C\C/C=C\CCCCCCCCCCCCCCCCCCC(=O)NC(COC1OC(CO)C(OC2OC(CO)C(O)C(O)C2O)C(O)C1O)C(O)CCCCCCCCCCC. The predicted octanol–water partition coefficient (Wildman–Crippen LogP) is 10.2. The maximum Gasteiger partial charge on any atom is 0.220 e. The van der Waals surface area contributed by atoms with Gasteiger partial charge in [0.05, 0.1) is 32.0 Å². The second-order valence-corrected chi connectivity index (χ2v) is 21.5. The van der Waals surface area contributed by atoms with Crippen molar-refractivity contribution >= 4 is 5.91 Å². The summed E-state index contributed by atoms with van der Waals surface area (Å²) in [6.45, 7) is 2.82. The average molecular weight is 1050 g/mol. The molecule has 2 saturated heterocycles. The number of nitrogens with one attached hydrogen (secondary N) is 1. The molecular formula is C60H111NO13. The van der Waals surface area contributed by atoms with Crippen LogP contribution in [0, 0.1) is 0 Å². The lowest BCUT2D eigenvalue weighted by atomic mass is 9.97. The lowest BCUT2D eigenvalue weighted by Crippen LogP contribution is -2.65. The number of aliphatic hydroxyl groups is 8. The normalized spacial score (nSPS) is 25.4. The summed E-state index contributed by atoms with van der Waals surface area (Å²) >= 11 is 0. The highest BCUT2D eigenvalue weighted by Gasteiger charge is 2.51. The fourth-order valence-electron chi connectivity index (χ4n) is 9.95. The molecule has 2 aliphatic heterocycles. The summed E-state index contributed by atoms with van der Waals surface area (Å²) in [5.41, 5.74) is 0. The van der Waals surface area contributed by atoms with Gasteiger partial charge in [-0.15, -0.1) is 0 Å². The first-order valence-corrected chi connectivity index (χ1v) is 30.2. The van der Waals surface area contributed by atoms with E-state index in [1.165, 1.54) is 154 Å². The van der Waals surface area contributed by atoms with E-state index in [4.69, 9.17) is 18.9 Å². The van der Waals surface area contributed by atoms with Crippen LogP contribution < -0.4 is 5.32 Å². The molecule has 74 heavy (non-hydrogen) atoms. The molecule has 2 rings (SSSR count). The molecule has 14 nitrogen and oxygen atoms in total. The Kier molecular flexibility index (Phi) is 42.6. The Morgan fingerprint density at radius 2 is 0.892 bits per heavy atom. The smallest absolute Gasteiger partial charge is 0.220 e. The number of ether oxygens (including phenoxy) is 4. The van der Waals surface area contributed by atoms with Gasteiger partial charge in [-0.2, -0.15) is 0 Å². The Bertz CT molecular complexity index is 1380. The lowest BCUT2D eigenvalue weighted by Gasteiger charge is -2.46. The summed E-state index contributed by atoms with van der Waals surface area (Å²) in [5.74, 6) is -0.208. The van der Waals surface area contributed by atoms with Crippen molar-refractivity contribution in [1.29, 1.82) is 0 Å². The van der Waals surface area contributed by atoms with Crippen molar-refractivity contribution in [2.24, 2.45) is 0 Å². The molecule has 434 valence electrons. The zero-order valence-electron chi connectivity index (χ0n) is 46.6. The highest BCUT2D eigenvalue weighted by atomic mass is 16.7. The number of hydrogen-bond donors (Lipinski definition) is 9. The molecule has 0 aromatic carbocycles. The van der Waals surface area contributed by atoms with Crippen LogP contribution >= 0.6 is 0 Å². The van der Waals surface area contributed by atoms with E-state index in [1.54, 1.807) is 0 Å². The van der Waals surface area contributed by atoms with Crippen LogP contribution in [0.1, 0.15) is 245 Å². The highest BCUT2D eigenvalue weighted by molar-refractivity contribution is 5.76. The Hall–Kier alpha value is -1.79. The van der Waals surface area contributed by atoms with E-state index < -0.39 is 86.8 Å². The van der Waals surface area contributed by atoms with Gasteiger partial charge in [0.15, 0.2) is 12.6 Å². The van der Waals surface area contributed by atoms with E-state index in [0.717, 1.165) is 64.2 Å². The maximum atomic E-state index is 13.2. The first kappa shape index (κ1) is 68.3. The van der Waals surface area contributed by atoms with Gasteiger partial charge in [-0.1, -0.05) is 224 Å². The second kappa shape index (κ2) is 46.2. The molecule has 2 heterocycles. The van der Waals surface area contributed by atoms with Gasteiger partial charge >= 0.3 is 0 Å². The van der Waals surface area contributed by atoms with Gasteiger partial charge in [0.25, 0.3) is 0 Å². The molecule has 0 spiro atoms. The highest BCUT2D eigenvalue weighted by Crippen LogP contribution is 2.30. The van der Waals surface area contributed by atoms with Gasteiger partial charge in [0, 0.05) is 6.42 Å². The van der Waals surface area contributed by atoms with Crippen molar-refractivity contribution in [1.82, 2.24) is 5.32 Å². The van der Waals surface area contributed by atoms with E-state index >= 15 is 0 Å². The summed E-state index contributed by atoms with van der Waals surface area (Å²) < 4.78 is 22.8. The zero-order chi connectivity index (χ0) is 53.9. The minimum Gasteiger partial charge on any atom is -0.394 e. The van der Waals surface area contributed by atoms with Crippen LogP contribution in [0.4, 0.5) is 0 Å². The molecule has 0 saturated carbocycles. The third-order valence-corrected chi connectivity index (χ3v) is 14.9. The Balaban J connectivity index is 1.61. The topological polar surface area (TPSA) is 228 Å². The van der Waals surface area contributed by atoms with Crippen LogP contribution in [0.2, 0.25) is 0 Å². The van der Waals surface area contributed by atoms with Crippen molar-refractivity contribution in [2.75, 3.05) is 19.8 Å². The third-order valence-electron chi connectivity index (χ3n) is 14.9. The van der Waals surface area contributed by atoms with Crippen molar-refractivity contribution in [3.8, 4) is 0 Å². The van der Waals surface area contributed by atoms with Crippen LogP contribution in [0.15, 0.2) is 36.5 Å². The molecule has 0 radical (unpaired) electrons. The average Bonchev–Trinajstić information content (AvgIpc) is 3.40. The van der Waals surface area contributed by atoms with E-state index in [-0.39, 0.29) is 12.5 Å². The van der Waals surface area contributed by atoms with Crippen molar-refractivity contribution < 1.29 is 64.6 Å². The molecule has 12 atom stereocenters. The van der Waals surface area contributed by atoms with E-state index in [1.807, 2.05) is 0 Å². The van der Waals surface area contributed by atoms with Gasteiger partial charge < -0.3 is 65.1 Å². The van der Waals surface area contributed by atoms with Crippen LogP contribution in [0.5, 0.6) is 0 Å². The van der Waals surface area contributed by atoms with Gasteiger partial charge in [-0.05, 0) is 51.4 Å². The van der Waals surface area contributed by atoms with Crippen molar-refractivity contribution in [3.05, 3.63) is 36.5 Å². The molecule has 0 aromatic rings. The maximum absolute atomic E-state index is 13.2. The van der Waals surface area contributed by atoms with Gasteiger partial charge in [-0.25, -0.2) is 0 Å². The lowest BCUT2D eigenvalue weighted by molar-refractivity contribution is -0.359. The number of carbonyl (C=O) groups excluding carboxylic acids is 1. The number of amides is 1. The predicted molar refractivity (Wildman–Crippen MR) is 295 cm³/mol. The fourth-order valence-corrected chi connectivity index (χ4v) is 9.95. The molecule has 14 heteroatoms. The zero-order valence-corrected chi connectivity index (χ0v) is 46.6. The first-order valence-electron chi connectivity index (χ1n) is 30.2. The number of rotatable bonds is 48. The van der Waals surface area contributed by atoms with Gasteiger partial charge in [0.2, 0.25) is 5.91 Å². The second-order valence-electron chi connectivity index (χ2n) is 21.5. The molecule has 0 aromatic heterocycles. The van der Waals surface area contributed by atoms with Crippen molar-refractivity contribution in [2.45, 2.75) is 319 Å². The van der Waals surface area contributed by atoms with Crippen LogP contribution in [-0.2, 0) is 23.7 Å². The molecule has 9 N–H and O–H groups in total. The number of unbranched alkanes of at least 4 members (excludes halogenated alkanes) is 29. The summed E-state index contributed by atoms with van der Waals surface area (Å²) in [6.07, 6.45) is 38.9.